The van der Waals surface area contributed by atoms with E-state index in [0.29, 0.717) is 48.2 Å². The predicted octanol–water partition coefficient (Wildman–Crippen LogP) is 4.19. The third kappa shape index (κ3) is 4.24. The molecule has 1 aromatic carbocycles. The van der Waals surface area contributed by atoms with Crippen molar-refractivity contribution in [2.75, 3.05) is 20.3 Å². The fraction of sp³-hybridized carbons (Fsp3) is 0.500. The van der Waals surface area contributed by atoms with Gasteiger partial charge in [-0.2, -0.15) is 0 Å². The lowest BCUT2D eigenvalue weighted by Gasteiger charge is -2.24. The SMILES string of the molecule is CC[C@@H](NC(=O)c1cc(C(=O)N2CCCC2C)n2c1COCC2)c1ccc(OC)c(Cl)c1. The summed E-state index contributed by atoms with van der Waals surface area (Å²) in [5, 5.41) is 3.61. The first kappa shape index (κ1) is 22.7. The molecule has 2 aromatic rings. The average molecular weight is 460 g/mol. The van der Waals surface area contributed by atoms with Gasteiger partial charge in [0.25, 0.3) is 11.8 Å². The van der Waals surface area contributed by atoms with Crippen molar-refractivity contribution in [3.05, 3.63) is 51.8 Å². The van der Waals surface area contributed by atoms with E-state index < -0.39 is 0 Å². The van der Waals surface area contributed by atoms with E-state index in [2.05, 4.69) is 12.2 Å². The molecule has 2 amide bonds. The molecule has 2 aliphatic rings. The monoisotopic (exact) mass is 459 g/mol. The number of rotatable bonds is 6. The molecule has 8 heteroatoms. The quantitative estimate of drug-likeness (QED) is 0.703. The van der Waals surface area contributed by atoms with Crippen LogP contribution in [0.4, 0.5) is 0 Å². The van der Waals surface area contributed by atoms with Crippen molar-refractivity contribution in [1.82, 2.24) is 14.8 Å². The molecule has 4 rings (SSSR count). The lowest BCUT2D eigenvalue weighted by atomic mass is 10.0. The Morgan fingerprint density at radius 3 is 2.78 bits per heavy atom. The summed E-state index contributed by atoms with van der Waals surface area (Å²) in [6, 6.07) is 7.26. The van der Waals surface area contributed by atoms with Gasteiger partial charge in [-0.05, 0) is 49.9 Å². The van der Waals surface area contributed by atoms with Crippen molar-refractivity contribution in [2.45, 2.75) is 58.3 Å². The van der Waals surface area contributed by atoms with Gasteiger partial charge in [0, 0.05) is 19.1 Å². The molecule has 1 aromatic heterocycles. The van der Waals surface area contributed by atoms with E-state index in [1.54, 1.807) is 19.2 Å². The molecule has 2 aliphatic heterocycles. The molecule has 1 unspecified atom stereocenters. The van der Waals surface area contributed by atoms with Crippen molar-refractivity contribution < 1.29 is 19.1 Å². The van der Waals surface area contributed by atoms with Crippen LogP contribution in [0.15, 0.2) is 24.3 Å². The number of carbonyl (C=O) groups excluding carboxylic acids is 2. The highest BCUT2D eigenvalue weighted by atomic mass is 35.5. The van der Waals surface area contributed by atoms with Crippen LogP contribution in [-0.2, 0) is 17.9 Å². The maximum absolute atomic E-state index is 13.3. The molecule has 0 bridgehead atoms. The number of halogens is 1. The van der Waals surface area contributed by atoms with E-state index in [-0.39, 0.29) is 23.9 Å². The van der Waals surface area contributed by atoms with Gasteiger partial charge in [0.1, 0.15) is 11.4 Å². The summed E-state index contributed by atoms with van der Waals surface area (Å²) < 4.78 is 12.8. The van der Waals surface area contributed by atoms with Gasteiger partial charge in [-0.1, -0.05) is 24.6 Å². The summed E-state index contributed by atoms with van der Waals surface area (Å²) in [6.45, 7) is 6.25. The predicted molar refractivity (Wildman–Crippen MR) is 122 cm³/mol. The minimum absolute atomic E-state index is 0.00817. The van der Waals surface area contributed by atoms with Gasteiger partial charge in [0.05, 0.1) is 42.6 Å². The first-order valence-electron chi connectivity index (χ1n) is 11.2. The van der Waals surface area contributed by atoms with Crippen LogP contribution < -0.4 is 10.1 Å². The zero-order chi connectivity index (χ0) is 22.8. The summed E-state index contributed by atoms with van der Waals surface area (Å²) in [5.74, 6) is 0.368. The molecular weight excluding hydrogens is 430 g/mol. The smallest absolute Gasteiger partial charge is 0.270 e. The van der Waals surface area contributed by atoms with E-state index in [9.17, 15) is 9.59 Å². The molecule has 0 aliphatic carbocycles. The number of methoxy groups -OCH3 is 1. The number of carbonyl (C=O) groups is 2. The molecule has 7 nitrogen and oxygen atoms in total. The van der Waals surface area contributed by atoms with Crippen LogP contribution in [0.25, 0.3) is 0 Å². The van der Waals surface area contributed by atoms with Gasteiger partial charge in [-0.3, -0.25) is 9.59 Å². The Hall–Kier alpha value is -2.51. The summed E-state index contributed by atoms with van der Waals surface area (Å²) in [7, 11) is 1.57. The Balaban J connectivity index is 1.61. The van der Waals surface area contributed by atoms with Crippen LogP contribution in [0.1, 0.15) is 71.3 Å². The third-order valence-electron chi connectivity index (χ3n) is 6.48. The minimum Gasteiger partial charge on any atom is -0.495 e. The summed E-state index contributed by atoms with van der Waals surface area (Å²) in [4.78, 5) is 28.5. The van der Waals surface area contributed by atoms with Crippen LogP contribution in [0.5, 0.6) is 5.75 Å². The highest BCUT2D eigenvalue weighted by Gasteiger charge is 2.32. The van der Waals surface area contributed by atoms with Crippen molar-refractivity contribution in [3.8, 4) is 5.75 Å². The number of ether oxygens (including phenoxy) is 2. The topological polar surface area (TPSA) is 72.8 Å². The third-order valence-corrected chi connectivity index (χ3v) is 6.77. The largest absolute Gasteiger partial charge is 0.495 e. The lowest BCUT2D eigenvalue weighted by Crippen LogP contribution is -2.35. The number of likely N-dealkylation sites (tertiary alicyclic amines) is 1. The highest BCUT2D eigenvalue weighted by Crippen LogP contribution is 2.30. The second-order valence-electron chi connectivity index (χ2n) is 8.41. The maximum atomic E-state index is 13.3. The normalized spacial score (nSPS) is 18.9. The van der Waals surface area contributed by atoms with Crippen molar-refractivity contribution >= 4 is 23.4 Å². The fourth-order valence-electron chi connectivity index (χ4n) is 4.64. The highest BCUT2D eigenvalue weighted by molar-refractivity contribution is 6.32. The number of fused-ring (bicyclic) bond motifs is 1. The minimum atomic E-state index is -0.219. The Morgan fingerprint density at radius 2 is 2.12 bits per heavy atom. The van der Waals surface area contributed by atoms with E-state index in [0.717, 1.165) is 30.6 Å². The van der Waals surface area contributed by atoms with Gasteiger partial charge >= 0.3 is 0 Å². The van der Waals surface area contributed by atoms with Crippen LogP contribution in [0.2, 0.25) is 5.02 Å². The summed E-state index contributed by atoms with van der Waals surface area (Å²) in [6.07, 6.45) is 2.72. The number of hydrogen-bond donors (Lipinski definition) is 1. The van der Waals surface area contributed by atoms with Crippen LogP contribution in [-0.4, -0.2) is 47.6 Å². The van der Waals surface area contributed by atoms with Gasteiger partial charge in [0.15, 0.2) is 0 Å². The molecular formula is C24H30ClN3O4. The first-order chi connectivity index (χ1) is 15.4. The molecule has 32 heavy (non-hydrogen) atoms. The number of aromatic nitrogens is 1. The number of hydrogen-bond acceptors (Lipinski definition) is 4. The average Bonchev–Trinajstić information content (AvgIpc) is 3.40. The zero-order valence-electron chi connectivity index (χ0n) is 18.8. The van der Waals surface area contributed by atoms with Crippen molar-refractivity contribution in [2.24, 2.45) is 0 Å². The van der Waals surface area contributed by atoms with E-state index in [1.165, 1.54) is 0 Å². The Kier molecular flexibility index (Phi) is 6.76. The molecule has 0 spiro atoms. The Morgan fingerprint density at radius 1 is 1.31 bits per heavy atom. The zero-order valence-corrected chi connectivity index (χ0v) is 19.6. The second kappa shape index (κ2) is 9.55. The molecule has 1 fully saturated rings. The summed E-state index contributed by atoms with van der Waals surface area (Å²) >= 11 is 6.29. The number of benzene rings is 1. The number of nitrogens with zero attached hydrogens (tertiary/aromatic N) is 2. The molecule has 1 saturated heterocycles. The second-order valence-corrected chi connectivity index (χ2v) is 8.82. The first-order valence-corrected chi connectivity index (χ1v) is 11.6. The summed E-state index contributed by atoms with van der Waals surface area (Å²) in [5.41, 5.74) is 2.73. The van der Waals surface area contributed by atoms with E-state index in [4.69, 9.17) is 21.1 Å². The van der Waals surface area contributed by atoms with Crippen LogP contribution in [0, 0.1) is 0 Å². The standard InChI is InChI=1S/C24H30ClN3O4/c1-4-19(16-7-8-22(31-3)18(25)12-16)26-23(29)17-13-20(28-10-11-32-14-21(17)28)24(30)27-9-5-6-15(27)2/h7-8,12-13,15,19H,4-6,9-11,14H2,1-3H3,(H,26,29)/t15?,19-/m1/s1. The molecule has 0 saturated carbocycles. The number of amides is 2. The van der Waals surface area contributed by atoms with Gasteiger partial charge in [-0.15, -0.1) is 0 Å². The van der Waals surface area contributed by atoms with Crippen molar-refractivity contribution in [3.63, 3.8) is 0 Å². The lowest BCUT2D eigenvalue weighted by molar-refractivity contribution is 0.0683. The fourth-order valence-corrected chi connectivity index (χ4v) is 4.90. The molecule has 0 radical (unpaired) electrons. The molecule has 3 heterocycles. The van der Waals surface area contributed by atoms with Gasteiger partial charge in [-0.25, -0.2) is 0 Å². The molecule has 172 valence electrons. The van der Waals surface area contributed by atoms with Gasteiger partial charge < -0.3 is 24.3 Å². The van der Waals surface area contributed by atoms with E-state index in [1.807, 2.05) is 28.5 Å². The molecule has 2 atom stereocenters. The Labute approximate surface area is 193 Å². The molecule has 1 N–H and O–H groups in total. The maximum Gasteiger partial charge on any atom is 0.270 e. The van der Waals surface area contributed by atoms with E-state index >= 15 is 0 Å². The number of nitrogens with one attached hydrogen (secondary N) is 1. The van der Waals surface area contributed by atoms with Crippen molar-refractivity contribution in [1.29, 1.82) is 0 Å². The Bertz CT molecular complexity index is 1020. The van der Waals surface area contributed by atoms with Crippen LogP contribution >= 0.6 is 11.6 Å². The van der Waals surface area contributed by atoms with Crippen LogP contribution in [0.3, 0.4) is 0 Å². The van der Waals surface area contributed by atoms with Gasteiger partial charge in [0.2, 0.25) is 0 Å².